The number of thiazole rings is 1. The van der Waals surface area contributed by atoms with Gasteiger partial charge in [-0.3, -0.25) is 19.5 Å². The molecule has 306 valence electrons. The van der Waals surface area contributed by atoms with Gasteiger partial charge in [0.15, 0.2) is 17.5 Å². The largest absolute Gasteiger partial charge is 0.488 e. The minimum Gasteiger partial charge on any atom is -0.488 e. The van der Waals surface area contributed by atoms with Crippen LogP contribution in [0.2, 0.25) is 0 Å². The van der Waals surface area contributed by atoms with E-state index in [1.165, 1.54) is 19.2 Å². The van der Waals surface area contributed by atoms with Gasteiger partial charge in [0, 0.05) is 30.6 Å². The van der Waals surface area contributed by atoms with E-state index in [1.54, 1.807) is 44.0 Å². The number of imidazole rings is 1. The molecule has 0 bridgehead atoms. The Kier molecular flexibility index (Phi) is 12.2. The molecule has 2 fully saturated rings. The maximum Gasteiger partial charge on any atom is 0.418 e. The van der Waals surface area contributed by atoms with Gasteiger partial charge in [-0.05, 0) is 80.4 Å². The summed E-state index contributed by atoms with van der Waals surface area (Å²) in [6.45, 7) is 14.4. The molecule has 56 heavy (non-hydrogen) atoms. The number of amides is 4. The molecule has 2 aliphatic heterocycles. The second-order valence-electron chi connectivity index (χ2n) is 15.5. The fourth-order valence-electron chi connectivity index (χ4n) is 5.75. The van der Waals surface area contributed by atoms with Gasteiger partial charge in [0.1, 0.15) is 40.9 Å². The number of ether oxygens (including phenoxy) is 3. The predicted molar refractivity (Wildman–Crippen MR) is 200 cm³/mol. The topological polar surface area (TPSA) is 242 Å². The van der Waals surface area contributed by atoms with Crippen molar-refractivity contribution in [2.45, 2.75) is 96.9 Å². The highest BCUT2D eigenvalue weighted by Gasteiger charge is 2.58. The smallest absolute Gasteiger partial charge is 0.418 e. The third-order valence-corrected chi connectivity index (χ3v) is 9.32. The van der Waals surface area contributed by atoms with E-state index in [4.69, 9.17) is 28.6 Å². The van der Waals surface area contributed by atoms with E-state index in [0.717, 1.165) is 29.9 Å². The first-order valence-electron chi connectivity index (χ1n) is 17.6. The van der Waals surface area contributed by atoms with E-state index in [1.807, 2.05) is 31.4 Å². The van der Waals surface area contributed by atoms with Gasteiger partial charge in [-0.1, -0.05) is 5.16 Å². The van der Waals surface area contributed by atoms with Crippen LogP contribution in [0.15, 0.2) is 35.1 Å². The van der Waals surface area contributed by atoms with Crippen molar-refractivity contribution in [3.8, 4) is 5.75 Å². The van der Waals surface area contributed by atoms with Crippen LogP contribution in [-0.4, -0.2) is 116 Å². The fraction of sp³-hybridized carbons (Fsp3) is 0.559. The number of hydrogen-bond donors (Lipinski definition) is 3. The van der Waals surface area contributed by atoms with Gasteiger partial charge in [-0.25, -0.2) is 19.6 Å². The molecule has 0 saturated carbocycles. The van der Waals surface area contributed by atoms with Crippen molar-refractivity contribution in [1.82, 2.24) is 29.6 Å². The monoisotopic (exact) mass is 822 g/mol. The number of carbonyl (C=O) groups excluding carboxylic acids is 4. The number of nitrogens with zero attached hydrogens (tertiary/aromatic N) is 6. The Morgan fingerprint density at radius 1 is 1.05 bits per heavy atom. The molecule has 3 N–H and O–H groups in total. The van der Waals surface area contributed by atoms with Crippen LogP contribution in [0.25, 0.3) is 5.65 Å². The molecule has 5 heterocycles. The van der Waals surface area contributed by atoms with Crippen molar-refractivity contribution in [2.75, 3.05) is 31.6 Å². The van der Waals surface area contributed by atoms with Crippen molar-refractivity contribution in [2.24, 2.45) is 5.16 Å². The second-order valence-corrected chi connectivity index (χ2v) is 17.4. The lowest BCUT2D eigenvalue weighted by molar-refractivity contribution is -0.218. The number of rotatable bonds is 12. The van der Waals surface area contributed by atoms with Crippen molar-refractivity contribution in [3.05, 3.63) is 41.3 Å². The summed E-state index contributed by atoms with van der Waals surface area (Å²) in [6.07, 6.45) is 4.24. The minimum atomic E-state index is -5.02. The first-order valence-corrected chi connectivity index (χ1v) is 19.8. The van der Waals surface area contributed by atoms with Crippen LogP contribution in [0.1, 0.15) is 85.5 Å². The van der Waals surface area contributed by atoms with Crippen molar-refractivity contribution in [1.29, 1.82) is 0 Å². The fourth-order valence-corrected chi connectivity index (χ4v) is 6.88. The van der Waals surface area contributed by atoms with Crippen LogP contribution >= 0.6 is 11.3 Å². The molecular weight excluding hydrogens is 777 g/mol. The van der Waals surface area contributed by atoms with Crippen molar-refractivity contribution >= 4 is 62.2 Å². The molecule has 3 aromatic rings. The van der Waals surface area contributed by atoms with Gasteiger partial charge >= 0.3 is 22.6 Å². The maximum atomic E-state index is 13.5. The van der Waals surface area contributed by atoms with Crippen molar-refractivity contribution < 1.29 is 55.5 Å². The Bertz CT molecular complexity index is 2100. The highest BCUT2D eigenvalue weighted by Crippen LogP contribution is 2.33. The Balaban J connectivity index is 1.23. The molecule has 2 atom stereocenters. The van der Waals surface area contributed by atoms with Crippen LogP contribution in [0, 0.1) is 0 Å². The first kappa shape index (κ1) is 42.1. The number of oxime groups is 1. The molecule has 22 heteroatoms. The summed E-state index contributed by atoms with van der Waals surface area (Å²) in [5.74, 6) is -1.35. The SMILES string of the molecule is CC(C)(C)OC(=O)Nc1nc(/C(=N/OCCOc2ccc3nc([C@H]4CCCN(C(=O)OC(C)(C)C)C4)cn3c2)C(=O)NC2C(=O)N(OS(=O)(=O)O)C2(C)C)cs1. The van der Waals surface area contributed by atoms with Gasteiger partial charge in [0.25, 0.3) is 11.8 Å². The quantitative estimate of drug-likeness (QED) is 0.0772. The molecule has 2 aliphatic rings. The normalized spacial score (nSPS) is 18.9. The van der Waals surface area contributed by atoms with Crippen LogP contribution in [0.5, 0.6) is 5.75 Å². The number of fused-ring (bicyclic) bond motifs is 1. The van der Waals surface area contributed by atoms with Crippen LogP contribution in [0.4, 0.5) is 14.7 Å². The maximum absolute atomic E-state index is 13.5. The van der Waals surface area contributed by atoms with Crippen LogP contribution < -0.4 is 15.4 Å². The Morgan fingerprint density at radius 2 is 1.77 bits per heavy atom. The summed E-state index contributed by atoms with van der Waals surface area (Å²) in [6, 6.07) is 2.25. The van der Waals surface area contributed by atoms with Gasteiger partial charge in [-0.2, -0.15) is 13.5 Å². The zero-order chi connectivity index (χ0) is 41.2. The lowest BCUT2D eigenvalue weighted by Crippen LogP contribution is -2.76. The number of piperidine rings is 1. The van der Waals surface area contributed by atoms with Crippen molar-refractivity contribution in [3.63, 3.8) is 0 Å². The first-order chi connectivity index (χ1) is 26.0. The standard InChI is InChI=1S/C34H46N8O12S2/c1-32(2,3)52-30(45)38-29-36-23(19-55-29)25(27(43)37-26-28(44)42(34(26,7)8)54-56(47,48)49)39-51-15-14-50-21-11-12-24-35-22(18-41(24)17-21)20-10-9-13-40(16-20)31(46)53-33(4,5)6/h11-12,17-20,26H,9-10,13-16H2,1-8H3,(H,37,43)(H,36,38,45)(H,47,48,49)/b39-25-/t20-,26?/m0/s1. The summed E-state index contributed by atoms with van der Waals surface area (Å²) >= 11 is 0.967. The Morgan fingerprint density at radius 3 is 2.43 bits per heavy atom. The molecule has 5 rings (SSSR count). The van der Waals surface area contributed by atoms with Crippen LogP contribution in [0.3, 0.4) is 0 Å². The van der Waals surface area contributed by atoms with E-state index in [-0.39, 0.29) is 41.8 Å². The third kappa shape index (κ3) is 10.8. The van der Waals surface area contributed by atoms with Gasteiger partial charge in [-0.15, -0.1) is 15.6 Å². The number of hydroxylamine groups is 2. The number of anilines is 1. The van der Waals surface area contributed by atoms with Gasteiger partial charge in [0.05, 0.1) is 17.4 Å². The van der Waals surface area contributed by atoms with Crippen LogP contribution in [-0.2, 0) is 38.6 Å². The minimum absolute atomic E-state index is 0.00246. The molecule has 3 aromatic heterocycles. The molecule has 4 amide bonds. The van der Waals surface area contributed by atoms with E-state index >= 15 is 0 Å². The van der Waals surface area contributed by atoms with Gasteiger partial charge < -0.3 is 33.7 Å². The second kappa shape index (κ2) is 16.2. The van der Waals surface area contributed by atoms with Gasteiger partial charge in [0.2, 0.25) is 0 Å². The Labute approximate surface area is 327 Å². The molecule has 20 nitrogen and oxygen atoms in total. The summed E-state index contributed by atoms with van der Waals surface area (Å²) < 4.78 is 54.4. The lowest BCUT2D eigenvalue weighted by Gasteiger charge is -2.50. The van der Waals surface area contributed by atoms with E-state index in [0.29, 0.717) is 29.5 Å². The van der Waals surface area contributed by atoms with E-state index in [9.17, 15) is 27.6 Å². The number of carbonyl (C=O) groups is 4. The number of hydrogen-bond acceptors (Lipinski definition) is 15. The lowest BCUT2D eigenvalue weighted by atomic mass is 9.84. The zero-order valence-corrected chi connectivity index (χ0v) is 33.9. The number of β-lactam (4-membered cyclic amide) rings is 1. The summed E-state index contributed by atoms with van der Waals surface area (Å²) in [4.78, 5) is 67.3. The molecule has 0 aromatic carbocycles. The average Bonchev–Trinajstić information content (AvgIpc) is 3.72. The summed E-state index contributed by atoms with van der Waals surface area (Å²) in [5.41, 5.74) is -1.63. The summed E-state index contributed by atoms with van der Waals surface area (Å²) in [7, 11) is -5.02. The number of pyridine rings is 1. The highest BCUT2D eigenvalue weighted by atomic mass is 32.3. The van der Waals surface area contributed by atoms with E-state index < -0.39 is 51.1 Å². The predicted octanol–water partition coefficient (Wildman–Crippen LogP) is 3.89. The molecule has 0 aliphatic carbocycles. The number of aromatic nitrogens is 3. The van der Waals surface area contributed by atoms with E-state index in [2.05, 4.69) is 25.1 Å². The molecular formula is C34H46N8O12S2. The zero-order valence-electron chi connectivity index (χ0n) is 32.2. The highest BCUT2D eigenvalue weighted by molar-refractivity contribution is 7.80. The molecule has 1 unspecified atom stereocenters. The molecule has 0 radical (unpaired) electrons. The average molecular weight is 823 g/mol. The summed E-state index contributed by atoms with van der Waals surface area (Å²) in [5, 5.41) is 10.8. The molecule has 0 spiro atoms. The number of nitrogens with one attached hydrogen (secondary N) is 2. The molecule has 2 saturated heterocycles. The number of likely N-dealkylation sites (tertiary alicyclic amines) is 1. The third-order valence-electron chi connectivity index (χ3n) is 8.22. The Hall–Kier alpha value is -5.06.